The van der Waals surface area contributed by atoms with E-state index in [9.17, 15) is 13.6 Å². The molecule has 1 aromatic rings. The summed E-state index contributed by atoms with van der Waals surface area (Å²) in [6.45, 7) is 1.42. The second-order valence-electron chi connectivity index (χ2n) is 4.39. The third kappa shape index (κ3) is 3.26. The van der Waals surface area contributed by atoms with Crippen molar-refractivity contribution in [1.82, 2.24) is 4.90 Å². The monoisotopic (exact) mass is 257 g/mol. The first-order valence-electron chi connectivity index (χ1n) is 5.55. The molecule has 0 aromatic heterocycles. The summed E-state index contributed by atoms with van der Waals surface area (Å²) in [6, 6.07) is 1.60. The van der Waals surface area contributed by atoms with Crippen LogP contribution in [0.4, 0.5) is 8.78 Å². The average molecular weight is 257 g/mol. The van der Waals surface area contributed by atoms with Gasteiger partial charge in [0.05, 0.1) is 7.11 Å². The fraction of sp³-hybridized carbons (Fsp3) is 0.462. The lowest BCUT2D eigenvalue weighted by Gasteiger charge is -2.24. The van der Waals surface area contributed by atoms with E-state index in [0.29, 0.717) is 0 Å². The summed E-state index contributed by atoms with van der Waals surface area (Å²) in [5.74, 6) is -1.43. The summed E-state index contributed by atoms with van der Waals surface area (Å²) >= 11 is 0. The van der Waals surface area contributed by atoms with E-state index in [-0.39, 0.29) is 23.5 Å². The average Bonchev–Trinajstić information content (AvgIpc) is 2.28. The van der Waals surface area contributed by atoms with Gasteiger partial charge in [0.15, 0.2) is 11.6 Å². The molecule has 1 aromatic carbocycles. The van der Waals surface area contributed by atoms with Gasteiger partial charge in [-0.25, -0.2) is 8.78 Å². The summed E-state index contributed by atoms with van der Waals surface area (Å²) in [6.07, 6.45) is 0.135. The van der Waals surface area contributed by atoms with Gasteiger partial charge < -0.3 is 9.64 Å². The number of benzene rings is 1. The summed E-state index contributed by atoms with van der Waals surface area (Å²) in [4.78, 5) is 12.9. The number of hydrogen-bond donors (Lipinski definition) is 0. The molecule has 0 spiro atoms. The first-order valence-corrected chi connectivity index (χ1v) is 5.55. The fourth-order valence-corrected chi connectivity index (χ4v) is 1.80. The molecule has 0 N–H and O–H groups in total. The van der Waals surface area contributed by atoms with Gasteiger partial charge in [-0.1, -0.05) is 0 Å². The zero-order valence-electron chi connectivity index (χ0n) is 11.0. The van der Waals surface area contributed by atoms with E-state index in [1.54, 1.807) is 19.0 Å². The highest BCUT2D eigenvalue weighted by molar-refractivity contribution is 5.76. The van der Waals surface area contributed by atoms with Crippen LogP contribution >= 0.6 is 0 Å². The molecule has 0 radical (unpaired) electrons. The molecule has 18 heavy (non-hydrogen) atoms. The lowest BCUT2D eigenvalue weighted by atomic mass is 10.00. The van der Waals surface area contributed by atoms with Crippen molar-refractivity contribution in [1.29, 1.82) is 0 Å². The third-order valence-corrected chi connectivity index (χ3v) is 2.73. The molecule has 5 heteroatoms. The van der Waals surface area contributed by atoms with Gasteiger partial charge in [0.1, 0.15) is 11.6 Å². The molecule has 1 rings (SSSR count). The van der Waals surface area contributed by atoms with Crippen molar-refractivity contribution < 1.29 is 18.3 Å². The molecule has 1 unspecified atom stereocenters. The van der Waals surface area contributed by atoms with E-state index in [2.05, 4.69) is 0 Å². The molecule has 0 amide bonds. The predicted octanol–water partition coefficient (Wildman–Crippen LogP) is 2.56. The highest BCUT2D eigenvalue weighted by Gasteiger charge is 2.22. The molecule has 0 saturated carbocycles. The van der Waals surface area contributed by atoms with E-state index in [1.165, 1.54) is 14.0 Å². The molecule has 0 fully saturated rings. The van der Waals surface area contributed by atoms with Gasteiger partial charge in [0.2, 0.25) is 0 Å². The maximum absolute atomic E-state index is 13.9. The van der Waals surface area contributed by atoms with Crippen LogP contribution in [-0.4, -0.2) is 31.9 Å². The number of carbonyl (C=O) groups is 1. The lowest BCUT2D eigenvalue weighted by Crippen LogP contribution is -2.23. The summed E-state index contributed by atoms with van der Waals surface area (Å²) in [5, 5.41) is 0. The molecule has 0 heterocycles. The summed E-state index contributed by atoms with van der Waals surface area (Å²) < 4.78 is 32.2. The van der Waals surface area contributed by atoms with Crippen molar-refractivity contribution in [3.63, 3.8) is 0 Å². The number of carbonyl (C=O) groups excluding carboxylic acids is 1. The summed E-state index contributed by atoms with van der Waals surface area (Å²) in [5.41, 5.74) is 0.161. The minimum Gasteiger partial charge on any atom is -0.494 e. The maximum Gasteiger partial charge on any atom is 0.165 e. The standard InChI is InChI=1S/C13H17F2NO2/c1-8(17)5-12(16(2)3)9-6-11(15)13(18-4)7-10(9)14/h6-7,12H,5H2,1-4H3. The van der Waals surface area contributed by atoms with Crippen molar-refractivity contribution in [2.75, 3.05) is 21.2 Å². The molecule has 0 aliphatic heterocycles. The minimum absolute atomic E-state index is 0.0793. The molecule has 0 saturated heterocycles. The first-order chi connectivity index (χ1) is 8.36. The smallest absolute Gasteiger partial charge is 0.165 e. The van der Waals surface area contributed by atoms with Crippen molar-refractivity contribution in [3.05, 3.63) is 29.3 Å². The van der Waals surface area contributed by atoms with Crippen LogP contribution in [0.3, 0.4) is 0 Å². The number of Topliss-reactive ketones (excluding diaryl/α,β-unsaturated/α-hetero) is 1. The van der Waals surface area contributed by atoms with Crippen molar-refractivity contribution in [2.24, 2.45) is 0 Å². The van der Waals surface area contributed by atoms with Gasteiger partial charge in [-0.05, 0) is 27.1 Å². The van der Waals surface area contributed by atoms with Gasteiger partial charge in [-0.3, -0.25) is 4.79 Å². The van der Waals surface area contributed by atoms with Gasteiger partial charge in [0, 0.05) is 24.1 Å². The van der Waals surface area contributed by atoms with E-state index in [4.69, 9.17) is 4.74 Å². The molecule has 3 nitrogen and oxygen atoms in total. The number of nitrogens with zero attached hydrogens (tertiary/aromatic N) is 1. The van der Waals surface area contributed by atoms with Crippen LogP contribution < -0.4 is 4.74 Å². The number of hydrogen-bond acceptors (Lipinski definition) is 3. The van der Waals surface area contributed by atoms with Crippen LogP contribution in [0.1, 0.15) is 24.9 Å². The van der Waals surface area contributed by atoms with Crippen LogP contribution in [0.15, 0.2) is 12.1 Å². The minimum atomic E-state index is -0.635. The molecular formula is C13H17F2NO2. The largest absolute Gasteiger partial charge is 0.494 e. The van der Waals surface area contributed by atoms with Crippen LogP contribution in [-0.2, 0) is 4.79 Å². The SMILES string of the molecule is COc1cc(F)c(C(CC(C)=O)N(C)C)cc1F. The Morgan fingerprint density at radius 3 is 2.39 bits per heavy atom. The molecule has 1 atom stereocenters. The molecule has 0 aliphatic rings. The Labute approximate surface area is 105 Å². The van der Waals surface area contributed by atoms with Gasteiger partial charge in [-0.2, -0.15) is 0 Å². The van der Waals surface area contributed by atoms with Crippen LogP contribution in [0.2, 0.25) is 0 Å². The van der Waals surface area contributed by atoms with Crippen molar-refractivity contribution in [3.8, 4) is 5.75 Å². The molecule has 100 valence electrons. The van der Waals surface area contributed by atoms with Crippen molar-refractivity contribution in [2.45, 2.75) is 19.4 Å². The van der Waals surface area contributed by atoms with E-state index in [1.807, 2.05) is 0 Å². The second kappa shape index (κ2) is 5.91. The Balaban J connectivity index is 3.20. The maximum atomic E-state index is 13.9. The van der Waals surface area contributed by atoms with Gasteiger partial charge in [0.25, 0.3) is 0 Å². The Hall–Kier alpha value is -1.49. The number of methoxy groups -OCH3 is 1. The third-order valence-electron chi connectivity index (χ3n) is 2.73. The van der Waals surface area contributed by atoms with Crippen molar-refractivity contribution >= 4 is 5.78 Å². The first kappa shape index (κ1) is 14.6. The number of halogens is 2. The quantitative estimate of drug-likeness (QED) is 0.812. The number of rotatable bonds is 5. The zero-order chi connectivity index (χ0) is 13.9. The van der Waals surface area contributed by atoms with E-state index in [0.717, 1.165) is 12.1 Å². The van der Waals surface area contributed by atoms with Crippen LogP contribution in [0, 0.1) is 11.6 Å². The Morgan fingerprint density at radius 2 is 1.94 bits per heavy atom. The highest BCUT2D eigenvalue weighted by Crippen LogP contribution is 2.29. The normalized spacial score (nSPS) is 12.6. The van der Waals surface area contributed by atoms with Crippen LogP contribution in [0.25, 0.3) is 0 Å². The Kier molecular flexibility index (Phi) is 4.78. The Bertz CT molecular complexity index is 447. The Morgan fingerprint density at radius 1 is 1.33 bits per heavy atom. The van der Waals surface area contributed by atoms with Gasteiger partial charge >= 0.3 is 0 Å². The van der Waals surface area contributed by atoms with Crippen LogP contribution in [0.5, 0.6) is 5.75 Å². The predicted molar refractivity (Wildman–Crippen MR) is 64.6 cm³/mol. The van der Waals surface area contributed by atoms with E-state index >= 15 is 0 Å². The fourth-order valence-electron chi connectivity index (χ4n) is 1.80. The number of ether oxygens (including phenoxy) is 1. The summed E-state index contributed by atoms with van der Waals surface area (Å²) in [7, 11) is 4.71. The van der Waals surface area contributed by atoms with Gasteiger partial charge in [-0.15, -0.1) is 0 Å². The molecular weight excluding hydrogens is 240 g/mol. The van der Waals surface area contributed by atoms with E-state index < -0.39 is 17.7 Å². The zero-order valence-corrected chi connectivity index (χ0v) is 11.0. The topological polar surface area (TPSA) is 29.5 Å². The lowest BCUT2D eigenvalue weighted by molar-refractivity contribution is -0.118. The highest BCUT2D eigenvalue weighted by atomic mass is 19.1. The molecule has 0 bridgehead atoms. The second-order valence-corrected chi connectivity index (χ2v) is 4.39. The molecule has 0 aliphatic carbocycles. The number of ketones is 1.